The van der Waals surface area contributed by atoms with E-state index in [-0.39, 0.29) is 11.3 Å². The maximum Gasteiger partial charge on any atom is 0.322 e. The fraction of sp³-hybridized carbons (Fsp3) is 0.667. The molecule has 1 rings (SSSR count). The van der Waals surface area contributed by atoms with Crippen molar-refractivity contribution in [2.24, 2.45) is 0 Å². The van der Waals surface area contributed by atoms with Gasteiger partial charge in [-0.15, -0.1) is 0 Å². The van der Waals surface area contributed by atoms with E-state index >= 15 is 0 Å². The lowest BCUT2D eigenvalue weighted by atomic mass is 10.3. The smallest absolute Gasteiger partial charge is 0.322 e. The first-order valence-electron chi connectivity index (χ1n) is 4.80. The van der Waals surface area contributed by atoms with Gasteiger partial charge in [0.2, 0.25) is 11.2 Å². The summed E-state index contributed by atoms with van der Waals surface area (Å²) in [5.41, 5.74) is 0. The molecule has 0 radical (unpaired) electrons. The fourth-order valence-corrected chi connectivity index (χ4v) is 1.43. The van der Waals surface area contributed by atoms with Crippen LogP contribution in [-0.4, -0.2) is 34.6 Å². The van der Waals surface area contributed by atoms with Crippen molar-refractivity contribution in [3.63, 3.8) is 0 Å². The summed E-state index contributed by atoms with van der Waals surface area (Å²) >= 11 is 5.77. The minimum atomic E-state index is 0.149. The molecule has 1 heterocycles. The Morgan fingerprint density at radius 3 is 2.47 bits per heavy atom. The number of nitrogens with zero attached hydrogens (tertiary/aromatic N) is 4. The van der Waals surface area contributed by atoms with E-state index in [1.807, 2.05) is 11.8 Å². The predicted octanol–water partition coefficient (Wildman–Crippen LogP) is 1.77. The highest BCUT2D eigenvalue weighted by Crippen LogP contribution is 2.16. The van der Waals surface area contributed by atoms with E-state index in [1.165, 1.54) is 7.11 Å². The van der Waals surface area contributed by atoms with Crippen LogP contribution >= 0.6 is 11.6 Å². The fourth-order valence-electron chi connectivity index (χ4n) is 1.28. The van der Waals surface area contributed by atoms with Crippen LogP contribution in [0.15, 0.2) is 0 Å². The molecule has 0 N–H and O–H groups in total. The molecule has 0 spiro atoms. The van der Waals surface area contributed by atoms with Gasteiger partial charge in [-0.1, -0.05) is 0 Å². The van der Waals surface area contributed by atoms with Crippen molar-refractivity contribution >= 4 is 17.5 Å². The van der Waals surface area contributed by atoms with E-state index in [1.54, 1.807) is 0 Å². The Labute approximate surface area is 94.5 Å². The van der Waals surface area contributed by atoms with E-state index in [4.69, 9.17) is 16.3 Å². The number of hydrogen-bond donors (Lipinski definition) is 0. The number of ether oxygens (including phenoxy) is 1. The molecule has 6 heteroatoms. The van der Waals surface area contributed by atoms with Gasteiger partial charge in [-0.2, -0.15) is 15.0 Å². The zero-order valence-electron chi connectivity index (χ0n) is 9.36. The number of halogens is 1. The molecule has 0 fully saturated rings. The molecular formula is C9H15ClN4O. The Kier molecular flexibility index (Phi) is 4.08. The van der Waals surface area contributed by atoms with Crippen LogP contribution in [0, 0.1) is 0 Å². The second-order valence-corrected chi connectivity index (χ2v) is 3.61. The third kappa shape index (κ3) is 2.92. The van der Waals surface area contributed by atoms with Crippen molar-refractivity contribution in [3.8, 4) is 6.01 Å². The molecule has 0 aliphatic rings. The van der Waals surface area contributed by atoms with Crippen LogP contribution in [0.4, 0.5) is 5.95 Å². The van der Waals surface area contributed by atoms with Crippen molar-refractivity contribution in [1.82, 2.24) is 15.0 Å². The molecule has 84 valence electrons. The van der Waals surface area contributed by atoms with Crippen molar-refractivity contribution in [2.45, 2.75) is 26.8 Å². The standard InChI is InChI=1S/C9H15ClN4O/c1-5-14(6(2)3)8-11-7(10)12-9(13-8)15-4/h6H,5H2,1-4H3. The predicted molar refractivity (Wildman–Crippen MR) is 59.5 cm³/mol. The summed E-state index contributed by atoms with van der Waals surface area (Å²) in [7, 11) is 1.50. The molecule has 0 aromatic carbocycles. The molecule has 0 atom stereocenters. The highest BCUT2D eigenvalue weighted by Gasteiger charge is 2.14. The molecule has 1 aromatic heterocycles. The number of hydrogen-bond acceptors (Lipinski definition) is 5. The Morgan fingerprint density at radius 1 is 1.33 bits per heavy atom. The van der Waals surface area contributed by atoms with Crippen LogP contribution in [0.2, 0.25) is 5.28 Å². The Bertz CT molecular complexity index is 332. The SMILES string of the molecule is CCN(c1nc(Cl)nc(OC)n1)C(C)C. The largest absolute Gasteiger partial charge is 0.467 e. The lowest BCUT2D eigenvalue weighted by Gasteiger charge is -2.24. The summed E-state index contributed by atoms with van der Waals surface area (Å²) < 4.78 is 4.94. The summed E-state index contributed by atoms with van der Waals surface area (Å²) in [5, 5.41) is 0.149. The zero-order chi connectivity index (χ0) is 11.4. The van der Waals surface area contributed by atoms with Gasteiger partial charge in [-0.05, 0) is 32.4 Å². The Morgan fingerprint density at radius 2 is 2.00 bits per heavy atom. The van der Waals surface area contributed by atoms with E-state index in [2.05, 4.69) is 28.8 Å². The van der Waals surface area contributed by atoms with Crippen molar-refractivity contribution in [3.05, 3.63) is 5.28 Å². The first-order chi connectivity index (χ1) is 7.08. The van der Waals surface area contributed by atoms with Crippen molar-refractivity contribution in [2.75, 3.05) is 18.6 Å². The Hall–Kier alpha value is -1.10. The third-order valence-electron chi connectivity index (χ3n) is 1.98. The lowest BCUT2D eigenvalue weighted by molar-refractivity contribution is 0.377. The maximum absolute atomic E-state index is 5.77. The van der Waals surface area contributed by atoms with Gasteiger partial charge >= 0.3 is 6.01 Å². The van der Waals surface area contributed by atoms with Crippen molar-refractivity contribution in [1.29, 1.82) is 0 Å². The summed E-state index contributed by atoms with van der Waals surface area (Å²) in [6.07, 6.45) is 0. The topological polar surface area (TPSA) is 51.1 Å². The second kappa shape index (κ2) is 5.11. The molecule has 0 amide bonds. The summed E-state index contributed by atoms with van der Waals surface area (Å²) in [6, 6.07) is 0.544. The van der Waals surface area contributed by atoms with Crippen LogP contribution in [-0.2, 0) is 0 Å². The summed E-state index contributed by atoms with van der Waals surface area (Å²) in [4.78, 5) is 14.0. The van der Waals surface area contributed by atoms with Gasteiger partial charge in [-0.25, -0.2) is 0 Å². The van der Waals surface area contributed by atoms with Crippen molar-refractivity contribution < 1.29 is 4.74 Å². The van der Waals surface area contributed by atoms with Gasteiger partial charge in [0, 0.05) is 12.6 Å². The normalized spacial score (nSPS) is 10.5. The third-order valence-corrected chi connectivity index (χ3v) is 2.15. The van der Waals surface area contributed by atoms with Crippen LogP contribution in [0.5, 0.6) is 6.01 Å². The molecule has 0 saturated carbocycles. The van der Waals surface area contributed by atoms with E-state index in [9.17, 15) is 0 Å². The molecule has 5 nitrogen and oxygen atoms in total. The molecule has 0 saturated heterocycles. The number of rotatable bonds is 4. The van der Waals surface area contributed by atoms with Gasteiger partial charge in [0.25, 0.3) is 0 Å². The highest BCUT2D eigenvalue weighted by atomic mass is 35.5. The molecular weight excluding hydrogens is 216 g/mol. The van der Waals surface area contributed by atoms with E-state index in [0.717, 1.165) is 6.54 Å². The average molecular weight is 231 g/mol. The summed E-state index contributed by atoms with van der Waals surface area (Å²) in [6.45, 7) is 6.96. The molecule has 0 aliphatic heterocycles. The lowest BCUT2D eigenvalue weighted by Crippen LogP contribution is -2.32. The first-order valence-corrected chi connectivity index (χ1v) is 5.18. The maximum atomic E-state index is 5.77. The molecule has 15 heavy (non-hydrogen) atoms. The van der Waals surface area contributed by atoms with Crippen LogP contribution < -0.4 is 9.64 Å². The number of aromatic nitrogens is 3. The second-order valence-electron chi connectivity index (χ2n) is 3.27. The van der Waals surface area contributed by atoms with Gasteiger partial charge in [0.1, 0.15) is 0 Å². The van der Waals surface area contributed by atoms with Gasteiger partial charge in [0.15, 0.2) is 0 Å². The average Bonchev–Trinajstić information content (AvgIpc) is 2.17. The van der Waals surface area contributed by atoms with E-state index < -0.39 is 0 Å². The summed E-state index contributed by atoms with van der Waals surface area (Å²) in [5.74, 6) is 0.546. The zero-order valence-corrected chi connectivity index (χ0v) is 10.1. The minimum absolute atomic E-state index is 0.149. The van der Waals surface area contributed by atoms with Gasteiger partial charge in [-0.3, -0.25) is 0 Å². The van der Waals surface area contributed by atoms with Crippen LogP contribution in [0.1, 0.15) is 20.8 Å². The van der Waals surface area contributed by atoms with Gasteiger partial charge < -0.3 is 9.64 Å². The van der Waals surface area contributed by atoms with Crippen LogP contribution in [0.3, 0.4) is 0 Å². The quantitative estimate of drug-likeness (QED) is 0.789. The molecule has 1 aromatic rings. The first kappa shape index (κ1) is 12.0. The highest BCUT2D eigenvalue weighted by molar-refractivity contribution is 6.28. The van der Waals surface area contributed by atoms with Crippen LogP contribution in [0.25, 0.3) is 0 Å². The number of methoxy groups -OCH3 is 1. The Balaban J connectivity index is 3.06. The molecule has 0 unspecified atom stereocenters. The molecule has 0 aliphatic carbocycles. The minimum Gasteiger partial charge on any atom is -0.467 e. The van der Waals surface area contributed by atoms with E-state index in [0.29, 0.717) is 12.0 Å². The van der Waals surface area contributed by atoms with Gasteiger partial charge in [0.05, 0.1) is 7.11 Å². The number of anilines is 1. The monoisotopic (exact) mass is 230 g/mol. The molecule has 0 bridgehead atoms.